The molecule has 3 fully saturated rings. The molecule has 4 aliphatic rings. The molecule has 0 spiro atoms. The SMILES string of the molecule is CC[C@H]1OC(=O)[C@H](C)[C@@H](O[C@H]2C[C@@](C)(OC)[C@@H](OC(=O)CCNCCCc3cc4c5c(c3)c(=O)c(C(=O)O)cn5N(C)CO4)[C@H](C)O2)[C@H](C)[C@@H](O[C@@H]2O[C@H](C)C[C@H](N(C)C)[C@H]2O)[C@](C)(OC)C[C@@H](C)C(=O)C(C)[C@@H](O)[C@]1(C)O. The number of likely N-dealkylation sites (N-methyl/N-ethyl adjacent to an activating group) is 1. The van der Waals surface area contributed by atoms with Gasteiger partial charge in [0.05, 0.1) is 53.8 Å². The predicted octanol–water partition coefficient (Wildman–Crippen LogP) is 3.53. The molecule has 4 aliphatic heterocycles. The van der Waals surface area contributed by atoms with E-state index in [0.29, 0.717) is 37.1 Å². The van der Waals surface area contributed by atoms with Crippen LogP contribution < -0.4 is 20.5 Å². The van der Waals surface area contributed by atoms with Gasteiger partial charge in [0.15, 0.2) is 25.4 Å². The minimum absolute atomic E-state index is 0.0140. The number of Topliss-reactive ketones (excluding diaryl/α,β-unsaturated/α-hetero) is 1. The van der Waals surface area contributed by atoms with Gasteiger partial charge in [-0.3, -0.25) is 28.9 Å². The molecule has 0 amide bonds. The molecule has 2 aromatic rings. The molecule has 0 bridgehead atoms. The second-order valence-electron chi connectivity index (χ2n) is 23.1. The Morgan fingerprint density at radius 2 is 1.58 bits per heavy atom. The Balaban J connectivity index is 1.19. The number of carbonyl (C=O) groups excluding carboxylic acids is 3. The van der Waals surface area contributed by atoms with Crippen molar-refractivity contribution in [2.75, 3.05) is 60.2 Å². The molecular formula is C56H88N4O18. The van der Waals surface area contributed by atoms with Crippen molar-refractivity contribution in [1.82, 2.24) is 14.9 Å². The molecule has 3 saturated heterocycles. The summed E-state index contributed by atoms with van der Waals surface area (Å²) in [5.74, 6) is -6.19. The number of nitrogens with zero attached hydrogens (tertiary/aromatic N) is 3. The van der Waals surface area contributed by atoms with Crippen LogP contribution in [0.15, 0.2) is 23.1 Å². The number of aliphatic hydroxyl groups is 3. The molecule has 78 heavy (non-hydrogen) atoms. The lowest BCUT2D eigenvalue weighted by Gasteiger charge is -2.50. The van der Waals surface area contributed by atoms with Gasteiger partial charge in [0.25, 0.3) is 0 Å². The first kappa shape index (κ1) is 62.9. The van der Waals surface area contributed by atoms with Gasteiger partial charge in [0.2, 0.25) is 5.43 Å². The predicted molar refractivity (Wildman–Crippen MR) is 286 cm³/mol. The van der Waals surface area contributed by atoms with Crippen molar-refractivity contribution >= 4 is 34.6 Å². The van der Waals surface area contributed by atoms with E-state index in [2.05, 4.69) is 5.32 Å². The third-order valence-corrected chi connectivity index (χ3v) is 16.9. The van der Waals surface area contributed by atoms with Crippen molar-refractivity contribution in [2.45, 2.75) is 198 Å². The highest BCUT2D eigenvalue weighted by Crippen LogP contribution is 2.42. The van der Waals surface area contributed by atoms with Crippen LogP contribution in [0.5, 0.6) is 5.75 Å². The molecule has 1 aromatic heterocycles. The fourth-order valence-corrected chi connectivity index (χ4v) is 12.1. The van der Waals surface area contributed by atoms with E-state index in [4.69, 9.17) is 42.6 Å². The zero-order valence-electron chi connectivity index (χ0n) is 48.3. The number of esters is 2. The number of aryl methyl sites for hydroxylation is 1. The van der Waals surface area contributed by atoms with Gasteiger partial charge in [-0.2, -0.15) is 0 Å². The fraction of sp³-hybridized carbons (Fsp3) is 0.768. The Labute approximate surface area is 458 Å². The molecule has 5 heterocycles. The number of carbonyl (C=O) groups is 4. The van der Waals surface area contributed by atoms with E-state index in [9.17, 15) is 44.4 Å². The van der Waals surface area contributed by atoms with Crippen LogP contribution in [0.25, 0.3) is 10.9 Å². The standard InChI is InChI=1S/C56H88N4O18/c1-16-40-56(10,69)48(65)31(4)44(62)29(2)25-54(8,70-14)49(78-53-46(64)38(58(11)12)22-30(3)73-53)32(5)47(33(6)52(68)75-40)77-42-26-55(9,71-15)50(34(7)74-42)76-41(61)19-21-57-20-17-18-35-23-36-43-39(24-35)72-28-59(13)60(43)27-37(45(36)63)51(66)67/h23-24,27,29-34,38,40,42,46-50,53,57,64-65,69H,16-22,25-26,28H2,1-15H3,(H,66,67)/t29-,30-,31?,32+,33-,34+,38+,40-,42+,46-,47+,48-,49-,50+,53+,54-,55-,56-/m1/s1. The summed E-state index contributed by atoms with van der Waals surface area (Å²) in [5.41, 5.74) is -4.16. The summed E-state index contributed by atoms with van der Waals surface area (Å²) in [6.45, 7) is 17.9. The number of benzene rings is 1. The Bertz CT molecular complexity index is 2490. The van der Waals surface area contributed by atoms with Crippen molar-refractivity contribution in [3.63, 3.8) is 0 Å². The second kappa shape index (κ2) is 25.6. The van der Waals surface area contributed by atoms with E-state index >= 15 is 0 Å². The van der Waals surface area contributed by atoms with Gasteiger partial charge in [0, 0.05) is 64.2 Å². The lowest BCUT2D eigenvalue weighted by atomic mass is 9.74. The summed E-state index contributed by atoms with van der Waals surface area (Å²) in [4.78, 5) is 69.3. The Kier molecular flexibility index (Phi) is 20.7. The smallest absolute Gasteiger partial charge is 0.341 e. The van der Waals surface area contributed by atoms with E-state index in [1.807, 2.05) is 38.9 Å². The van der Waals surface area contributed by atoms with Crippen LogP contribution in [-0.4, -0.2) is 193 Å². The van der Waals surface area contributed by atoms with Crippen LogP contribution in [0, 0.1) is 23.7 Å². The first-order chi connectivity index (χ1) is 36.5. The van der Waals surface area contributed by atoms with E-state index < -0.39 is 119 Å². The zero-order chi connectivity index (χ0) is 57.9. The first-order valence-corrected chi connectivity index (χ1v) is 27.4. The number of pyridine rings is 1. The van der Waals surface area contributed by atoms with Gasteiger partial charge < -0.3 is 73.3 Å². The zero-order valence-corrected chi connectivity index (χ0v) is 48.3. The monoisotopic (exact) mass is 1100 g/mol. The van der Waals surface area contributed by atoms with Crippen LogP contribution in [0.1, 0.15) is 124 Å². The minimum atomic E-state index is -2.03. The fourth-order valence-electron chi connectivity index (χ4n) is 12.1. The molecule has 1 unspecified atom stereocenters. The van der Waals surface area contributed by atoms with E-state index in [0.717, 1.165) is 5.56 Å². The third-order valence-electron chi connectivity index (χ3n) is 16.9. The maximum Gasteiger partial charge on any atom is 0.341 e. The van der Waals surface area contributed by atoms with Crippen LogP contribution in [0.4, 0.5) is 0 Å². The molecule has 1 aromatic carbocycles. The summed E-state index contributed by atoms with van der Waals surface area (Å²) in [7, 11) is 8.44. The molecule has 0 saturated carbocycles. The molecule has 18 atom stereocenters. The summed E-state index contributed by atoms with van der Waals surface area (Å²) in [6.07, 6.45) is -7.18. The van der Waals surface area contributed by atoms with E-state index in [1.54, 1.807) is 64.3 Å². The Morgan fingerprint density at radius 3 is 2.21 bits per heavy atom. The number of carboxylic acids is 1. The van der Waals surface area contributed by atoms with Gasteiger partial charge in [-0.1, -0.05) is 27.7 Å². The lowest BCUT2D eigenvalue weighted by molar-refractivity contribution is -0.320. The van der Waals surface area contributed by atoms with Crippen molar-refractivity contribution < 1.29 is 82.2 Å². The minimum Gasteiger partial charge on any atom is -0.477 e. The molecule has 22 heteroatoms. The number of rotatable bonds is 17. The number of methoxy groups -OCH3 is 2. The highest BCUT2D eigenvalue weighted by atomic mass is 16.7. The molecule has 22 nitrogen and oxygen atoms in total. The molecule has 5 N–H and O–H groups in total. The Hall–Kier alpha value is -4.33. The topological polar surface area (TPSA) is 273 Å². The average Bonchev–Trinajstić information content (AvgIpc) is 3.49. The van der Waals surface area contributed by atoms with Crippen molar-refractivity contribution in [1.29, 1.82) is 0 Å². The van der Waals surface area contributed by atoms with Crippen molar-refractivity contribution in [3.05, 3.63) is 39.7 Å². The number of aliphatic hydroxyl groups excluding tert-OH is 2. The maximum absolute atomic E-state index is 14.6. The number of nitrogens with one attached hydrogen (secondary N) is 1. The third kappa shape index (κ3) is 13.4. The molecule has 440 valence electrons. The number of hydrogen-bond acceptors (Lipinski definition) is 20. The van der Waals surface area contributed by atoms with Gasteiger partial charge >= 0.3 is 17.9 Å². The van der Waals surface area contributed by atoms with E-state index in [-0.39, 0.29) is 67.8 Å². The Morgan fingerprint density at radius 1 is 0.910 bits per heavy atom. The highest BCUT2D eigenvalue weighted by molar-refractivity contribution is 5.95. The summed E-state index contributed by atoms with van der Waals surface area (Å²) < 4.78 is 58.8. The number of carboxylic acid groups (broad SMARTS) is 1. The average molecular weight is 1110 g/mol. The van der Waals surface area contributed by atoms with Crippen LogP contribution >= 0.6 is 0 Å². The number of aromatic nitrogens is 1. The number of aromatic carboxylic acids is 1. The lowest BCUT2D eigenvalue weighted by Crippen LogP contribution is -2.61. The van der Waals surface area contributed by atoms with E-state index in [1.165, 1.54) is 34.3 Å². The number of ketones is 1. The number of cyclic esters (lactones) is 1. The summed E-state index contributed by atoms with van der Waals surface area (Å²) >= 11 is 0. The van der Waals surface area contributed by atoms with Crippen molar-refractivity contribution in [3.8, 4) is 5.75 Å². The molecular weight excluding hydrogens is 1020 g/mol. The summed E-state index contributed by atoms with van der Waals surface area (Å²) in [6, 6.07) is 3.21. The number of ether oxygens (including phenoxy) is 9. The highest BCUT2D eigenvalue weighted by Gasteiger charge is 2.55. The quantitative estimate of drug-likeness (QED) is 0.112. The van der Waals surface area contributed by atoms with Gasteiger partial charge in [-0.05, 0) is 112 Å². The first-order valence-electron chi connectivity index (χ1n) is 27.4. The normalized spacial score (nSPS) is 37.2. The van der Waals surface area contributed by atoms with Gasteiger partial charge in [-0.25, -0.2) is 4.79 Å². The molecule has 6 rings (SSSR count). The largest absolute Gasteiger partial charge is 0.477 e. The van der Waals surface area contributed by atoms with Gasteiger partial charge in [-0.15, -0.1) is 0 Å². The van der Waals surface area contributed by atoms with Crippen LogP contribution in [0.2, 0.25) is 0 Å². The molecule has 0 radical (unpaired) electrons. The molecule has 0 aliphatic carbocycles. The summed E-state index contributed by atoms with van der Waals surface area (Å²) in [5, 5.41) is 50.2. The second-order valence-corrected chi connectivity index (χ2v) is 23.1. The van der Waals surface area contributed by atoms with Crippen molar-refractivity contribution in [2.24, 2.45) is 23.7 Å². The van der Waals surface area contributed by atoms with Crippen LogP contribution in [-0.2, 0) is 58.7 Å². The maximum atomic E-state index is 14.6. The van der Waals surface area contributed by atoms with Crippen LogP contribution in [0.3, 0.4) is 0 Å². The van der Waals surface area contributed by atoms with Gasteiger partial charge in [0.1, 0.15) is 46.0 Å². The number of hydrogen-bond donors (Lipinski definition) is 5.